The SMILES string of the molecule is Cc1cc(S(=O)(=O)C(CNC(=O)c2cccc(C(F)(F)F)c2)c2cccs2)ccc1F. The van der Waals surface area contributed by atoms with Crippen molar-refractivity contribution < 1.29 is 30.8 Å². The van der Waals surface area contributed by atoms with E-state index in [0.717, 1.165) is 35.6 Å². The van der Waals surface area contributed by atoms with Gasteiger partial charge in [0.2, 0.25) is 0 Å². The lowest BCUT2D eigenvalue weighted by molar-refractivity contribution is -0.137. The number of carbonyl (C=O) groups excluding carboxylic acids is 1. The molecule has 0 aliphatic rings. The Bertz CT molecular complexity index is 1190. The Morgan fingerprint density at radius 1 is 1.10 bits per heavy atom. The van der Waals surface area contributed by atoms with Gasteiger partial charge >= 0.3 is 6.18 Å². The first-order valence-electron chi connectivity index (χ1n) is 8.99. The summed E-state index contributed by atoms with van der Waals surface area (Å²) in [6, 6.07) is 10.5. The van der Waals surface area contributed by atoms with E-state index in [1.807, 2.05) is 0 Å². The number of sulfone groups is 1. The number of hydrogen-bond acceptors (Lipinski definition) is 4. The molecule has 1 aromatic heterocycles. The molecule has 1 atom stereocenters. The van der Waals surface area contributed by atoms with Crippen LogP contribution in [0.3, 0.4) is 0 Å². The average molecular weight is 471 g/mol. The third kappa shape index (κ3) is 5.13. The Balaban J connectivity index is 1.88. The van der Waals surface area contributed by atoms with Crippen molar-refractivity contribution in [2.24, 2.45) is 0 Å². The van der Waals surface area contributed by atoms with Gasteiger partial charge in [0, 0.05) is 17.0 Å². The maximum Gasteiger partial charge on any atom is 0.416 e. The fourth-order valence-corrected chi connectivity index (χ4v) is 5.79. The molecule has 0 radical (unpaired) electrons. The summed E-state index contributed by atoms with van der Waals surface area (Å²) < 4.78 is 78.7. The van der Waals surface area contributed by atoms with E-state index in [2.05, 4.69) is 5.32 Å². The van der Waals surface area contributed by atoms with Crippen LogP contribution in [0.5, 0.6) is 0 Å². The number of rotatable bonds is 6. The first kappa shape index (κ1) is 23.0. The lowest BCUT2D eigenvalue weighted by Gasteiger charge is -2.18. The van der Waals surface area contributed by atoms with E-state index in [4.69, 9.17) is 0 Å². The highest BCUT2D eigenvalue weighted by atomic mass is 32.2. The minimum atomic E-state index is -4.61. The van der Waals surface area contributed by atoms with Gasteiger partial charge in [-0.15, -0.1) is 11.3 Å². The molecule has 1 heterocycles. The number of alkyl halides is 3. The summed E-state index contributed by atoms with van der Waals surface area (Å²) in [5.74, 6) is -1.39. The van der Waals surface area contributed by atoms with Crippen LogP contribution in [0.4, 0.5) is 17.6 Å². The molecular formula is C21H17F4NO3S2. The minimum Gasteiger partial charge on any atom is -0.350 e. The molecule has 0 aliphatic carbocycles. The predicted octanol–water partition coefficient (Wildman–Crippen LogP) is 5.16. The monoisotopic (exact) mass is 471 g/mol. The zero-order chi connectivity index (χ0) is 22.8. The molecule has 4 nitrogen and oxygen atoms in total. The normalized spacial score (nSPS) is 13.1. The van der Waals surface area contributed by atoms with Crippen LogP contribution in [0, 0.1) is 12.7 Å². The van der Waals surface area contributed by atoms with E-state index >= 15 is 0 Å². The Labute approximate surface area is 180 Å². The Morgan fingerprint density at radius 2 is 1.84 bits per heavy atom. The number of benzene rings is 2. The van der Waals surface area contributed by atoms with Crippen molar-refractivity contribution in [1.29, 1.82) is 0 Å². The largest absolute Gasteiger partial charge is 0.416 e. The topological polar surface area (TPSA) is 63.2 Å². The second kappa shape index (κ2) is 8.80. The van der Waals surface area contributed by atoms with Crippen LogP contribution in [0.2, 0.25) is 0 Å². The Morgan fingerprint density at radius 3 is 2.45 bits per heavy atom. The summed E-state index contributed by atoms with van der Waals surface area (Å²) in [5, 5.41) is 2.90. The molecule has 31 heavy (non-hydrogen) atoms. The van der Waals surface area contributed by atoms with E-state index < -0.39 is 38.6 Å². The lowest BCUT2D eigenvalue weighted by atomic mass is 10.1. The van der Waals surface area contributed by atoms with Gasteiger partial charge in [-0.3, -0.25) is 4.79 Å². The number of aryl methyl sites for hydroxylation is 1. The predicted molar refractivity (Wildman–Crippen MR) is 109 cm³/mol. The summed E-state index contributed by atoms with van der Waals surface area (Å²) in [6.07, 6.45) is -4.61. The van der Waals surface area contributed by atoms with Crippen molar-refractivity contribution in [3.05, 3.63) is 87.4 Å². The molecule has 0 fully saturated rings. The highest BCUT2D eigenvalue weighted by Crippen LogP contribution is 2.33. The van der Waals surface area contributed by atoms with E-state index in [0.29, 0.717) is 10.9 Å². The highest BCUT2D eigenvalue weighted by molar-refractivity contribution is 7.91. The van der Waals surface area contributed by atoms with Gasteiger partial charge < -0.3 is 5.32 Å². The van der Waals surface area contributed by atoms with Crippen molar-refractivity contribution in [1.82, 2.24) is 5.32 Å². The van der Waals surface area contributed by atoms with Crippen molar-refractivity contribution in [2.75, 3.05) is 6.54 Å². The van der Waals surface area contributed by atoms with Crippen LogP contribution >= 0.6 is 11.3 Å². The number of thiophene rings is 1. The average Bonchev–Trinajstić information content (AvgIpc) is 3.23. The standard InChI is InChI=1S/C21H17F4NO3S2/c1-13-10-16(7-8-17(13)22)31(28,29)19(18-6-3-9-30-18)12-26-20(27)14-4-2-5-15(11-14)21(23,24)25/h2-11,19H,12H2,1H3,(H,26,27). The summed E-state index contributed by atoms with van der Waals surface area (Å²) >= 11 is 1.16. The fraction of sp³-hybridized carbons (Fsp3) is 0.190. The van der Waals surface area contributed by atoms with Crippen molar-refractivity contribution in [3.63, 3.8) is 0 Å². The number of halogens is 4. The van der Waals surface area contributed by atoms with Crippen LogP contribution in [0.25, 0.3) is 0 Å². The summed E-state index contributed by atoms with van der Waals surface area (Å²) in [6.45, 7) is 1.07. The Kier molecular flexibility index (Phi) is 6.51. The molecule has 0 saturated heterocycles. The van der Waals surface area contributed by atoms with Crippen molar-refractivity contribution in [2.45, 2.75) is 23.2 Å². The summed E-state index contributed by atoms with van der Waals surface area (Å²) in [4.78, 5) is 12.8. The zero-order valence-electron chi connectivity index (χ0n) is 16.1. The molecule has 3 rings (SSSR count). The maximum atomic E-state index is 13.6. The van der Waals surface area contributed by atoms with Crippen LogP contribution in [0.15, 0.2) is 64.9 Å². The smallest absolute Gasteiger partial charge is 0.350 e. The van der Waals surface area contributed by atoms with E-state index in [1.165, 1.54) is 19.1 Å². The third-order valence-corrected chi connectivity index (χ3v) is 7.81. The first-order chi connectivity index (χ1) is 14.5. The molecule has 3 aromatic rings. The number of carbonyl (C=O) groups is 1. The van der Waals surface area contributed by atoms with Gasteiger partial charge in [0.1, 0.15) is 11.1 Å². The number of hydrogen-bond donors (Lipinski definition) is 1. The van der Waals surface area contributed by atoms with Gasteiger partial charge in [-0.25, -0.2) is 12.8 Å². The molecule has 0 bridgehead atoms. The second-order valence-electron chi connectivity index (χ2n) is 6.75. The quantitative estimate of drug-likeness (QED) is 0.399. The number of amides is 1. The van der Waals surface area contributed by atoms with E-state index in [-0.39, 0.29) is 22.6 Å². The molecule has 164 valence electrons. The second-order valence-corrected chi connectivity index (χ2v) is 9.86. The summed E-state index contributed by atoms with van der Waals surface area (Å²) in [5.41, 5.74) is -1.07. The Hall–Kier alpha value is -2.72. The minimum absolute atomic E-state index is 0.113. The molecule has 10 heteroatoms. The van der Waals surface area contributed by atoms with Crippen LogP contribution < -0.4 is 5.32 Å². The molecule has 0 spiro atoms. The van der Waals surface area contributed by atoms with E-state index in [9.17, 15) is 30.8 Å². The zero-order valence-corrected chi connectivity index (χ0v) is 17.7. The van der Waals surface area contributed by atoms with E-state index in [1.54, 1.807) is 17.5 Å². The highest BCUT2D eigenvalue weighted by Gasteiger charge is 2.32. The van der Waals surface area contributed by atoms with Crippen LogP contribution in [-0.4, -0.2) is 20.9 Å². The molecular weight excluding hydrogens is 454 g/mol. The maximum absolute atomic E-state index is 13.6. The fourth-order valence-electron chi connectivity index (χ4n) is 2.92. The third-order valence-electron chi connectivity index (χ3n) is 4.59. The first-order valence-corrected chi connectivity index (χ1v) is 11.4. The van der Waals surface area contributed by atoms with Gasteiger partial charge in [0.05, 0.1) is 10.5 Å². The molecule has 1 N–H and O–H groups in total. The van der Waals surface area contributed by atoms with Crippen molar-refractivity contribution in [3.8, 4) is 0 Å². The molecule has 1 amide bonds. The van der Waals surface area contributed by atoms with Gasteiger partial charge in [0.25, 0.3) is 5.91 Å². The molecule has 0 saturated carbocycles. The van der Waals surface area contributed by atoms with Gasteiger partial charge in [-0.2, -0.15) is 13.2 Å². The lowest BCUT2D eigenvalue weighted by Crippen LogP contribution is -2.31. The van der Waals surface area contributed by atoms with Gasteiger partial charge in [-0.1, -0.05) is 12.1 Å². The van der Waals surface area contributed by atoms with Crippen LogP contribution in [-0.2, 0) is 16.0 Å². The molecule has 1 unspecified atom stereocenters. The van der Waals surface area contributed by atoms with Crippen LogP contribution in [0.1, 0.15) is 31.6 Å². The van der Waals surface area contributed by atoms with Gasteiger partial charge in [0.15, 0.2) is 9.84 Å². The molecule has 2 aromatic carbocycles. The summed E-state index contributed by atoms with van der Waals surface area (Å²) in [7, 11) is -4.02. The molecule has 0 aliphatic heterocycles. The van der Waals surface area contributed by atoms with Crippen molar-refractivity contribution >= 4 is 27.1 Å². The number of nitrogens with one attached hydrogen (secondary N) is 1. The van der Waals surface area contributed by atoms with Gasteiger partial charge in [-0.05, 0) is 60.3 Å².